The second-order valence-corrected chi connectivity index (χ2v) is 8.17. The number of hydrogen-bond acceptors (Lipinski definition) is 3. The van der Waals surface area contributed by atoms with Gasteiger partial charge in [0.05, 0.1) is 0 Å². The van der Waals surface area contributed by atoms with E-state index in [1.807, 2.05) is 11.3 Å². The van der Waals surface area contributed by atoms with Gasteiger partial charge in [-0.3, -0.25) is 4.90 Å². The van der Waals surface area contributed by atoms with Crippen LogP contribution in [0.2, 0.25) is 0 Å². The van der Waals surface area contributed by atoms with E-state index in [2.05, 4.69) is 65.3 Å². The first-order chi connectivity index (χ1) is 8.91. The first-order valence-electron chi connectivity index (χ1n) is 7.14. The molecule has 1 aliphatic heterocycles. The summed E-state index contributed by atoms with van der Waals surface area (Å²) in [7, 11) is 0. The van der Waals surface area contributed by atoms with Gasteiger partial charge in [-0.05, 0) is 48.7 Å². The fourth-order valence-electron chi connectivity index (χ4n) is 3.01. The molecule has 4 heteroatoms. The molecule has 1 aromatic heterocycles. The third kappa shape index (κ3) is 3.41. The summed E-state index contributed by atoms with van der Waals surface area (Å²) in [5, 5.41) is 5.91. The number of hydrogen-bond donors (Lipinski definition) is 1. The van der Waals surface area contributed by atoms with Crippen LogP contribution in [0.15, 0.2) is 15.9 Å². The molecule has 0 unspecified atom stereocenters. The lowest BCUT2D eigenvalue weighted by Crippen LogP contribution is -2.67. The van der Waals surface area contributed by atoms with E-state index in [1.54, 1.807) is 0 Å². The van der Waals surface area contributed by atoms with Gasteiger partial charge in [0.1, 0.15) is 0 Å². The first-order valence-corrected chi connectivity index (χ1v) is 8.81. The summed E-state index contributed by atoms with van der Waals surface area (Å²) in [4.78, 5) is 4.15. The Morgan fingerprint density at radius 2 is 2.05 bits per heavy atom. The highest BCUT2D eigenvalue weighted by atomic mass is 79.9. The van der Waals surface area contributed by atoms with Crippen LogP contribution in [0.3, 0.4) is 0 Å². The maximum Gasteiger partial charge on any atom is 0.0335 e. The van der Waals surface area contributed by atoms with E-state index in [9.17, 15) is 0 Å². The van der Waals surface area contributed by atoms with Gasteiger partial charge in [-0.1, -0.05) is 13.8 Å². The smallest absolute Gasteiger partial charge is 0.0335 e. The van der Waals surface area contributed by atoms with Crippen molar-refractivity contribution in [2.45, 2.75) is 58.2 Å². The lowest BCUT2D eigenvalue weighted by Gasteiger charge is -2.52. The molecule has 0 amide bonds. The third-order valence-electron chi connectivity index (χ3n) is 4.44. The number of nitrogens with one attached hydrogen (secondary N) is 1. The molecular weight excluding hydrogens is 320 g/mol. The van der Waals surface area contributed by atoms with Crippen LogP contribution in [0, 0.1) is 0 Å². The van der Waals surface area contributed by atoms with Crippen LogP contribution in [0.4, 0.5) is 0 Å². The molecule has 0 radical (unpaired) electrons. The molecule has 0 spiro atoms. The average Bonchev–Trinajstić information content (AvgIpc) is 2.75. The lowest BCUT2D eigenvalue weighted by molar-refractivity contribution is 0.00307. The number of rotatable bonds is 4. The van der Waals surface area contributed by atoms with E-state index in [-0.39, 0.29) is 5.54 Å². The Morgan fingerprint density at radius 3 is 2.58 bits per heavy atom. The normalized spacial score (nSPS) is 22.6. The summed E-state index contributed by atoms with van der Waals surface area (Å²) in [6.45, 7) is 12.5. The van der Waals surface area contributed by atoms with Gasteiger partial charge in [0.25, 0.3) is 0 Å². The van der Waals surface area contributed by atoms with Gasteiger partial charge in [0, 0.05) is 45.4 Å². The molecule has 19 heavy (non-hydrogen) atoms. The fraction of sp³-hybridized carbons (Fsp3) is 0.733. The predicted molar refractivity (Wildman–Crippen MR) is 87.8 cm³/mol. The molecule has 0 atom stereocenters. The van der Waals surface area contributed by atoms with Crippen molar-refractivity contribution in [2.24, 2.45) is 0 Å². The van der Waals surface area contributed by atoms with Crippen molar-refractivity contribution in [1.82, 2.24) is 10.2 Å². The summed E-state index contributed by atoms with van der Waals surface area (Å²) in [6.07, 6.45) is 2.41. The Hall–Kier alpha value is 0.1000. The molecule has 1 N–H and O–H groups in total. The van der Waals surface area contributed by atoms with Gasteiger partial charge in [0.15, 0.2) is 0 Å². The maximum absolute atomic E-state index is 3.72. The number of nitrogens with zero attached hydrogens (tertiary/aromatic N) is 1. The molecule has 1 saturated heterocycles. The number of halogens is 1. The van der Waals surface area contributed by atoms with Crippen LogP contribution in [0.25, 0.3) is 0 Å². The topological polar surface area (TPSA) is 15.3 Å². The molecule has 0 saturated carbocycles. The minimum atomic E-state index is 0.211. The largest absolute Gasteiger partial charge is 0.309 e. The van der Waals surface area contributed by atoms with Gasteiger partial charge < -0.3 is 5.32 Å². The molecule has 1 aliphatic rings. The van der Waals surface area contributed by atoms with Crippen molar-refractivity contribution in [3.8, 4) is 0 Å². The van der Waals surface area contributed by atoms with Crippen LogP contribution in [0.1, 0.15) is 45.4 Å². The van der Waals surface area contributed by atoms with E-state index >= 15 is 0 Å². The molecule has 0 aromatic carbocycles. The summed E-state index contributed by atoms with van der Waals surface area (Å²) in [5.74, 6) is 0. The Labute approximate surface area is 129 Å². The SMILES string of the molecule is CCC1(CC)CNC(C)(C)CN1Cc1cc(Br)cs1. The van der Waals surface area contributed by atoms with Gasteiger partial charge in [-0.25, -0.2) is 0 Å². The highest BCUT2D eigenvalue weighted by Crippen LogP contribution is 2.33. The molecule has 2 heterocycles. The highest BCUT2D eigenvalue weighted by Gasteiger charge is 2.41. The zero-order valence-electron chi connectivity index (χ0n) is 12.4. The highest BCUT2D eigenvalue weighted by molar-refractivity contribution is 9.10. The second-order valence-electron chi connectivity index (χ2n) is 6.26. The molecule has 108 valence electrons. The van der Waals surface area contributed by atoms with Crippen molar-refractivity contribution in [1.29, 1.82) is 0 Å². The van der Waals surface area contributed by atoms with Crippen LogP contribution in [-0.2, 0) is 6.54 Å². The third-order valence-corrected chi connectivity index (χ3v) is 6.12. The summed E-state index contributed by atoms with van der Waals surface area (Å²) in [6, 6.07) is 2.26. The van der Waals surface area contributed by atoms with Crippen molar-refractivity contribution >= 4 is 27.3 Å². The molecule has 2 nitrogen and oxygen atoms in total. The van der Waals surface area contributed by atoms with Crippen LogP contribution in [-0.4, -0.2) is 29.1 Å². The summed E-state index contributed by atoms with van der Waals surface area (Å²) < 4.78 is 1.21. The number of thiophene rings is 1. The van der Waals surface area contributed by atoms with E-state index in [0.717, 1.165) is 19.6 Å². The summed E-state index contributed by atoms with van der Waals surface area (Å²) in [5.41, 5.74) is 0.522. The van der Waals surface area contributed by atoms with Gasteiger partial charge in [0.2, 0.25) is 0 Å². The van der Waals surface area contributed by atoms with Crippen LogP contribution in [0.5, 0.6) is 0 Å². The van der Waals surface area contributed by atoms with E-state index in [0.29, 0.717) is 5.54 Å². The van der Waals surface area contributed by atoms with Gasteiger partial charge in [-0.15, -0.1) is 11.3 Å². The predicted octanol–water partition coefficient (Wildman–Crippen LogP) is 4.25. The quantitative estimate of drug-likeness (QED) is 0.877. The van der Waals surface area contributed by atoms with E-state index < -0.39 is 0 Å². The Kier molecular flexibility index (Phi) is 4.76. The fourth-order valence-corrected chi connectivity index (χ4v) is 4.48. The lowest BCUT2D eigenvalue weighted by atomic mass is 9.84. The van der Waals surface area contributed by atoms with Gasteiger partial charge >= 0.3 is 0 Å². The zero-order valence-corrected chi connectivity index (χ0v) is 14.8. The second kappa shape index (κ2) is 5.84. The minimum absolute atomic E-state index is 0.211. The molecule has 2 rings (SSSR count). The Balaban J connectivity index is 2.20. The van der Waals surface area contributed by atoms with Crippen molar-refractivity contribution in [3.63, 3.8) is 0 Å². The minimum Gasteiger partial charge on any atom is -0.309 e. The van der Waals surface area contributed by atoms with Crippen LogP contribution < -0.4 is 5.32 Å². The molecule has 1 aromatic rings. The van der Waals surface area contributed by atoms with Crippen molar-refractivity contribution in [2.75, 3.05) is 13.1 Å². The monoisotopic (exact) mass is 344 g/mol. The number of piperazine rings is 1. The molecular formula is C15H25BrN2S. The zero-order chi connectivity index (χ0) is 14.1. The van der Waals surface area contributed by atoms with Crippen molar-refractivity contribution in [3.05, 3.63) is 20.8 Å². The first kappa shape index (κ1) is 15.5. The van der Waals surface area contributed by atoms with Gasteiger partial charge in [-0.2, -0.15) is 0 Å². The maximum atomic E-state index is 3.72. The summed E-state index contributed by atoms with van der Waals surface area (Å²) >= 11 is 5.42. The molecule has 1 fully saturated rings. The Bertz CT molecular complexity index is 424. The Morgan fingerprint density at radius 1 is 1.37 bits per heavy atom. The van der Waals surface area contributed by atoms with Crippen molar-refractivity contribution < 1.29 is 0 Å². The standard InChI is InChI=1S/C15H25BrN2S/c1-5-15(6-2)10-17-14(3,4)11-18(15)8-13-7-12(16)9-19-13/h7,9,17H,5-6,8,10-11H2,1-4H3. The average molecular weight is 345 g/mol. The molecule has 0 aliphatic carbocycles. The van der Waals surface area contributed by atoms with E-state index in [4.69, 9.17) is 0 Å². The van der Waals surface area contributed by atoms with Crippen LogP contribution >= 0.6 is 27.3 Å². The van der Waals surface area contributed by atoms with E-state index in [1.165, 1.54) is 22.2 Å². The molecule has 0 bridgehead atoms.